The maximum Gasteiger partial charge on any atom is 0.341 e. The molecule has 0 radical (unpaired) electrons. The minimum absolute atomic E-state index is 0.221. The summed E-state index contributed by atoms with van der Waals surface area (Å²) in [5, 5.41) is 0. The molecule has 0 spiro atoms. The number of allylic oxidation sites excluding steroid dienone is 2. The standard InChI is InChI=1S/C23H25NO5/c1-14(10-12-19(25)29-16-7-5-4-6-8-16)9-11-17-21(24)20-18(13-28-23(20)26)15(2)22(17)27-3/h4-9H,10-13,24H2,1-3H3/b14-9+. The Morgan fingerprint density at radius 2 is 1.97 bits per heavy atom. The van der Waals surface area contributed by atoms with E-state index in [4.69, 9.17) is 19.9 Å². The first kappa shape index (κ1) is 20.5. The quantitative estimate of drug-likeness (QED) is 0.328. The highest BCUT2D eigenvalue weighted by atomic mass is 16.5. The zero-order valence-corrected chi connectivity index (χ0v) is 16.9. The van der Waals surface area contributed by atoms with Gasteiger partial charge in [-0.2, -0.15) is 0 Å². The molecule has 0 amide bonds. The predicted octanol–water partition coefficient (Wildman–Crippen LogP) is 4.13. The summed E-state index contributed by atoms with van der Waals surface area (Å²) in [6.07, 6.45) is 3.34. The predicted molar refractivity (Wildman–Crippen MR) is 110 cm³/mol. The summed E-state index contributed by atoms with van der Waals surface area (Å²) >= 11 is 0. The number of para-hydroxylation sites is 1. The first-order valence-corrected chi connectivity index (χ1v) is 9.48. The van der Waals surface area contributed by atoms with Crippen LogP contribution in [0.15, 0.2) is 42.0 Å². The summed E-state index contributed by atoms with van der Waals surface area (Å²) in [4.78, 5) is 24.1. The third-order valence-electron chi connectivity index (χ3n) is 5.07. The average Bonchev–Trinajstić information content (AvgIpc) is 3.11. The van der Waals surface area contributed by atoms with Gasteiger partial charge in [0.15, 0.2) is 0 Å². The molecule has 0 aromatic heterocycles. The Kier molecular flexibility index (Phi) is 6.22. The van der Waals surface area contributed by atoms with Gasteiger partial charge in [0.05, 0.1) is 18.4 Å². The zero-order valence-electron chi connectivity index (χ0n) is 16.9. The summed E-state index contributed by atoms with van der Waals surface area (Å²) < 4.78 is 16.0. The van der Waals surface area contributed by atoms with Crippen molar-refractivity contribution in [3.8, 4) is 11.5 Å². The number of rotatable bonds is 7. The Bertz CT molecular complexity index is 963. The van der Waals surface area contributed by atoms with Crippen LogP contribution in [0.4, 0.5) is 5.69 Å². The number of hydrogen-bond donors (Lipinski definition) is 1. The molecule has 1 aliphatic rings. The van der Waals surface area contributed by atoms with Crippen LogP contribution in [-0.4, -0.2) is 19.0 Å². The lowest BCUT2D eigenvalue weighted by Gasteiger charge is -2.16. The zero-order chi connectivity index (χ0) is 21.0. The van der Waals surface area contributed by atoms with Crippen LogP contribution in [0, 0.1) is 6.92 Å². The van der Waals surface area contributed by atoms with Crippen molar-refractivity contribution >= 4 is 17.6 Å². The van der Waals surface area contributed by atoms with Crippen LogP contribution >= 0.6 is 0 Å². The van der Waals surface area contributed by atoms with Gasteiger partial charge >= 0.3 is 11.9 Å². The fraction of sp³-hybridized carbons (Fsp3) is 0.304. The molecule has 2 aromatic carbocycles. The van der Waals surface area contributed by atoms with Crippen LogP contribution in [0.3, 0.4) is 0 Å². The molecule has 0 saturated heterocycles. The van der Waals surface area contributed by atoms with Crippen LogP contribution in [-0.2, 0) is 22.6 Å². The van der Waals surface area contributed by atoms with E-state index in [9.17, 15) is 9.59 Å². The minimum atomic E-state index is -0.395. The number of hydrogen-bond acceptors (Lipinski definition) is 6. The van der Waals surface area contributed by atoms with Crippen molar-refractivity contribution in [2.45, 2.75) is 39.7 Å². The number of nitrogens with two attached hydrogens (primary N) is 1. The molecule has 0 fully saturated rings. The number of methoxy groups -OCH3 is 1. The summed E-state index contributed by atoms with van der Waals surface area (Å²) in [6.45, 7) is 4.07. The van der Waals surface area contributed by atoms with Gasteiger partial charge in [0.2, 0.25) is 0 Å². The van der Waals surface area contributed by atoms with Crippen molar-refractivity contribution in [2.75, 3.05) is 12.8 Å². The first-order valence-electron chi connectivity index (χ1n) is 9.48. The lowest BCUT2D eigenvalue weighted by Crippen LogP contribution is -2.09. The lowest BCUT2D eigenvalue weighted by molar-refractivity contribution is -0.134. The second-order valence-corrected chi connectivity index (χ2v) is 7.02. The number of ether oxygens (including phenoxy) is 3. The molecule has 29 heavy (non-hydrogen) atoms. The van der Waals surface area contributed by atoms with Gasteiger partial charge in [0.1, 0.15) is 18.1 Å². The van der Waals surface area contributed by atoms with Crippen LogP contribution in [0.25, 0.3) is 0 Å². The molecular weight excluding hydrogens is 370 g/mol. The molecule has 0 unspecified atom stereocenters. The van der Waals surface area contributed by atoms with E-state index in [-0.39, 0.29) is 19.0 Å². The third kappa shape index (κ3) is 4.42. The second-order valence-electron chi connectivity index (χ2n) is 7.02. The highest BCUT2D eigenvalue weighted by Gasteiger charge is 2.30. The van der Waals surface area contributed by atoms with E-state index in [1.165, 1.54) is 0 Å². The normalized spacial score (nSPS) is 13.1. The Morgan fingerprint density at radius 1 is 1.24 bits per heavy atom. The molecule has 1 aliphatic heterocycles. The highest BCUT2D eigenvalue weighted by Crippen LogP contribution is 2.39. The summed E-state index contributed by atoms with van der Waals surface area (Å²) in [5.74, 6) is 0.537. The van der Waals surface area contributed by atoms with Gasteiger partial charge in [-0.3, -0.25) is 4.79 Å². The second kappa shape index (κ2) is 8.82. The number of fused-ring (bicyclic) bond motifs is 1. The average molecular weight is 395 g/mol. The summed E-state index contributed by atoms with van der Waals surface area (Å²) in [5.41, 5.74) is 10.6. The van der Waals surface area contributed by atoms with Crippen molar-refractivity contribution < 1.29 is 23.8 Å². The van der Waals surface area contributed by atoms with Gasteiger partial charge in [-0.1, -0.05) is 29.8 Å². The Hall–Kier alpha value is -3.28. The molecule has 6 nitrogen and oxygen atoms in total. The molecule has 0 bridgehead atoms. The number of carbonyl (C=O) groups excluding carboxylic acids is 2. The van der Waals surface area contributed by atoms with Crippen LogP contribution in [0.5, 0.6) is 11.5 Å². The fourth-order valence-corrected chi connectivity index (χ4v) is 3.44. The highest BCUT2D eigenvalue weighted by molar-refractivity contribution is 6.00. The van der Waals surface area contributed by atoms with Gasteiger partial charge in [-0.15, -0.1) is 0 Å². The van der Waals surface area contributed by atoms with E-state index in [0.717, 1.165) is 22.3 Å². The largest absolute Gasteiger partial charge is 0.496 e. The maximum atomic E-state index is 12.0. The summed E-state index contributed by atoms with van der Waals surface area (Å²) in [6, 6.07) is 9.00. The minimum Gasteiger partial charge on any atom is -0.496 e. The molecule has 0 saturated carbocycles. The fourth-order valence-electron chi connectivity index (χ4n) is 3.44. The van der Waals surface area contributed by atoms with Crippen molar-refractivity contribution in [1.29, 1.82) is 0 Å². The van der Waals surface area contributed by atoms with Crippen molar-refractivity contribution in [1.82, 2.24) is 0 Å². The van der Waals surface area contributed by atoms with Crippen molar-refractivity contribution in [2.24, 2.45) is 0 Å². The van der Waals surface area contributed by atoms with Gasteiger partial charge < -0.3 is 19.9 Å². The number of benzene rings is 2. The first-order chi connectivity index (χ1) is 13.9. The van der Waals surface area contributed by atoms with E-state index < -0.39 is 5.97 Å². The van der Waals surface area contributed by atoms with E-state index >= 15 is 0 Å². The Morgan fingerprint density at radius 3 is 2.66 bits per heavy atom. The Balaban J connectivity index is 1.69. The van der Waals surface area contributed by atoms with E-state index in [1.54, 1.807) is 19.2 Å². The molecule has 6 heteroatoms. The van der Waals surface area contributed by atoms with E-state index in [2.05, 4.69) is 0 Å². The van der Waals surface area contributed by atoms with Crippen LogP contribution in [0.2, 0.25) is 0 Å². The molecule has 2 aromatic rings. The SMILES string of the molecule is COc1c(C)c2c(c(N)c1C/C=C(\C)CCC(=O)Oc1ccccc1)C(=O)OC2. The van der Waals surface area contributed by atoms with Crippen molar-refractivity contribution in [3.05, 3.63) is 64.2 Å². The van der Waals surface area contributed by atoms with Gasteiger partial charge in [-0.05, 0) is 44.4 Å². The molecule has 2 N–H and O–H groups in total. The molecule has 1 heterocycles. The van der Waals surface area contributed by atoms with Gasteiger partial charge in [0, 0.05) is 17.5 Å². The smallest absolute Gasteiger partial charge is 0.341 e. The number of carbonyl (C=O) groups is 2. The van der Waals surface area contributed by atoms with Gasteiger partial charge in [-0.25, -0.2) is 4.79 Å². The Labute approximate surface area is 170 Å². The van der Waals surface area contributed by atoms with Gasteiger partial charge in [0.25, 0.3) is 0 Å². The number of nitrogen functional groups attached to an aromatic ring is 1. The molecule has 3 rings (SSSR count). The monoisotopic (exact) mass is 395 g/mol. The number of cyclic esters (lactones) is 1. The number of anilines is 1. The molecule has 152 valence electrons. The molecular formula is C23H25NO5. The number of esters is 2. The maximum absolute atomic E-state index is 12.0. The third-order valence-corrected chi connectivity index (χ3v) is 5.07. The van der Waals surface area contributed by atoms with Crippen LogP contribution < -0.4 is 15.2 Å². The topological polar surface area (TPSA) is 87.9 Å². The van der Waals surface area contributed by atoms with Crippen LogP contribution in [0.1, 0.15) is 46.8 Å². The van der Waals surface area contributed by atoms with E-state index in [0.29, 0.717) is 35.6 Å². The van der Waals surface area contributed by atoms with Crippen molar-refractivity contribution in [3.63, 3.8) is 0 Å². The molecule has 0 aliphatic carbocycles. The summed E-state index contributed by atoms with van der Waals surface area (Å²) in [7, 11) is 1.59. The van der Waals surface area contributed by atoms with E-state index in [1.807, 2.05) is 38.1 Å². The lowest BCUT2D eigenvalue weighted by atomic mass is 9.94. The molecule has 0 atom stereocenters.